The summed E-state index contributed by atoms with van der Waals surface area (Å²) < 4.78 is 1.10. The second-order valence-electron chi connectivity index (χ2n) is 5.01. The van der Waals surface area contributed by atoms with Crippen LogP contribution in [0.1, 0.15) is 24.2 Å². The molecule has 0 fully saturated rings. The first-order valence-corrected chi connectivity index (χ1v) is 7.71. The molecule has 0 radical (unpaired) electrons. The molecule has 2 aromatic carbocycles. The van der Waals surface area contributed by atoms with Crippen LogP contribution in [0.3, 0.4) is 0 Å². The summed E-state index contributed by atoms with van der Waals surface area (Å²) in [6.45, 7) is 2.85. The fraction of sp³-hybridized carbons (Fsp3) is 0.176. The molecule has 1 atom stereocenters. The molecule has 4 heteroatoms. The largest absolute Gasteiger partial charge is 0.305 e. The average molecular weight is 342 g/mol. The van der Waals surface area contributed by atoms with Crippen LogP contribution in [-0.2, 0) is 6.54 Å². The Morgan fingerprint density at radius 1 is 1.10 bits per heavy atom. The highest BCUT2D eigenvalue weighted by Gasteiger charge is 2.06. The van der Waals surface area contributed by atoms with Gasteiger partial charge in [0.25, 0.3) is 0 Å². The third kappa shape index (κ3) is 3.46. The van der Waals surface area contributed by atoms with E-state index in [0.717, 1.165) is 21.2 Å². The molecule has 0 aliphatic rings. The van der Waals surface area contributed by atoms with Crippen molar-refractivity contribution in [2.24, 2.45) is 0 Å². The number of hydrogen-bond acceptors (Lipinski definition) is 3. The molecule has 0 aliphatic carbocycles. The van der Waals surface area contributed by atoms with Gasteiger partial charge in [0.2, 0.25) is 0 Å². The molecule has 3 rings (SSSR count). The summed E-state index contributed by atoms with van der Waals surface area (Å²) in [4.78, 5) is 9.06. The summed E-state index contributed by atoms with van der Waals surface area (Å²) in [6, 6.07) is 16.5. The number of para-hydroxylation sites is 2. The summed E-state index contributed by atoms with van der Waals surface area (Å²) in [5.74, 6) is 0. The zero-order valence-corrected chi connectivity index (χ0v) is 13.3. The van der Waals surface area contributed by atoms with Gasteiger partial charge in [0, 0.05) is 17.1 Å². The Balaban J connectivity index is 1.71. The molecule has 0 aliphatic heterocycles. The zero-order chi connectivity index (χ0) is 14.7. The van der Waals surface area contributed by atoms with Crippen LogP contribution < -0.4 is 5.32 Å². The molecule has 0 saturated heterocycles. The molecule has 0 amide bonds. The summed E-state index contributed by atoms with van der Waals surface area (Å²) in [7, 11) is 0. The summed E-state index contributed by atoms with van der Waals surface area (Å²) in [5, 5.41) is 3.48. The molecule has 0 spiro atoms. The maximum atomic E-state index is 4.62. The number of halogens is 1. The topological polar surface area (TPSA) is 37.8 Å². The van der Waals surface area contributed by atoms with Crippen LogP contribution in [0.2, 0.25) is 0 Å². The second kappa shape index (κ2) is 6.33. The van der Waals surface area contributed by atoms with Gasteiger partial charge in [-0.25, -0.2) is 4.98 Å². The first-order chi connectivity index (χ1) is 10.2. The van der Waals surface area contributed by atoms with Crippen LogP contribution in [0.5, 0.6) is 0 Å². The fourth-order valence-electron chi connectivity index (χ4n) is 2.23. The molecule has 1 aromatic heterocycles. The molecular weight excluding hydrogens is 326 g/mol. The van der Waals surface area contributed by atoms with Gasteiger partial charge >= 0.3 is 0 Å². The van der Waals surface area contributed by atoms with Crippen molar-refractivity contribution in [2.75, 3.05) is 0 Å². The van der Waals surface area contributed by atoms with E-state index >= 15 is 0 Å². The van der Waals surface area contributed by atoms with Crippen LogP contribution in [0.25, 0.3) is 11.0 Å². The van der Waals surface area contributed by atoms with E-state index in [0.29, 0.717) is 6.54 Å². The van der Waals surface area contributed by atoms with Gasteiger partial charge in [-0.1, -0.05) is 40.2 Å². The van der Waals surface area contributed by atoms with Crippen LogP contribution in [0, 0.1) is 0 Å². The third-order valence-corrected chi connectivity index (χ3v) is 3.93. The average Bonchev–Trinajstić information content (AvgIpc) is 2.52. The SMILES string of the molecule is C[C@@H](NCc1cnc2ccccc2n1)c1cccc(Br)c1. The minimum absolute atomic E-state index is 0.260. The molecule has 106 valence electrons. The molecule has 0 bridgehead atoms. The highest BCUT2D eigenvalue weighted by Crippen LogP contribution is 2.18. The van der Waals surface area contributed by atoms with E-state index in [-0.39, 0.29) is 6.04 Å². The fourth-order valence-corrected chi connectivity index (χ4v) is 2.65. The highest BCUT2D eigenvalue weighted by atomic mass is 79.9. The zero-order valence-electron chi connectivity index (χ0n) is 11.8. The third-order valence-electron chi connectivity index (χ3n) is 3.44. The molecule has 1 N–H and O–H groups in total. The van der Waals surface area contributed by atoms with E-state index in [4.69, 9.17) is 0 Å². The van der Waals surface area contributed by atoms with Crippen molar-refractivity contribution in [1.29, 1.82) is 0 Å². The standard InChI is InChI=1S/C17H16BrN3/c1-12(13-5-4-6-14(18)9-13)19-10-15-11-20-16-7-2-3-8-17(16)21-15/h2-9,11-12,19H,10H2,1H3/t12-/m1/s1. The van der Waals surface area contributed by atoms with Gasteiger partial charge in [-0.05, 0) is 36.8 Å². The Kier molecular flexibility index (Phi) is 4.27. The Bertz CT molecular complexity index is 758. The molecule has 21 heavy (non-hydrogen) atoms. The number of nitrogens with zero attached hydrogens (tertiary/aromatic N) is 2. The first-order valence-electron chi connectivity index (χ1n) is 6.92. The van der Waals surface area contributed by atoms with E-state index < -0.39 is 0 Å². The molecule has 3 nitrogen and oxygen atoms in total. The lowest BCUT2D eigenvalue weighted by atomic mass is 10.1. The molecular formula is C17H16BrN3. The normalized spacial score (nSPS) is 12.5. The smallest absolute Gasteiger partial charge is 0.0890 e. The van der Waals surface area contributed by atoms with E-state index in [2.05, 4.69) is 50.3 Å². The lowest BCUT2D eigenvalue weighted by molar-refractivity contribution is 0.567. The van der Waals surface area contributed by atoms with E-state index in [9.17, 15) is 0 Å². The minimum Gasteiger partial charge on any atom is -0.305 e. The van der Waals surface area contributed by atoms with Gasteiger partial charge in [-0.2, -0.15) is 0 Å². The predicted octanol–water partition coefficient (Wildman–Crippen LogP) is 4.24. The quantitative estimate of drug-likeness (QED) is 0.771. The van der Waals surface area contributed by atoms with Crippen LogP contribution in [0.15, 0.2) is 59.2 Å². The number of hydrogen-bond donors (Lipinski definition) is 1. The van der Waals surface area contributed by atoms with Crippen molar-refractivity contribution in [1.82, 2.24) is 15.3 Å². The molecule has 1 heterocycles. The number of benzene rings is 2. The van der Waals surface area contributed by atoms with Crippen molar-refractivity contribution in [3.63, 3.8) is 0 Å². The number of aromatic nitrogens is 2. The lowest BCUT2D eigenvalue weighted by Gasteiger charge is -2.14. The Hall–Kier alpha value is -1.78. The van der Waals surface area contributed by atoms with Crippen molar-refractivity contribution in [3.05, 3.63) is 70.5 Å². The van der Waals surface area contributed by atoms with E-state index in [1.54, 1.807) is 0 Å². The summed E-state index contributed by atoms with van der Waals surface area (Å²) >= 11 is 3.50. The van der Waals surface area contributed by atoms with Crippen LogP contribution >= 0.6 is 15.9 Å². The Morgan fingerprint density at radius 3 is 2.71 bits per heavy atom. The van der Waals surface area contributed by atoms with Crippen molar-refractivity contribution < 1.29 is 0 Å². The summed E-state index contributed by atoms with van der Waals surface area (Å²) in [5.41, 5.74) is 4.07. The van der Waals surface area contributed by atoms with E-state index in [1.807, 2.05) is 42.6 Å². The van der Waals surface area contributed by atoms with Crippen molar-refractivity contribution in [3.8, 4) is 0 Å². The van der Waals surface area contributed by atoms with Crippen LogP contribution in [-0.4, -0.2) is 9.97 Å². The maximum Gasteiger partial charge on any atom is 0.0890 e. The minimum atomic E-state index is 0.260. The van der Waals surface area contributed by atoms with E-state index in [1.165, 1.54) is 5.56 Å². The number of nitrogens with one attached hydrogen (secondary N) is 1. The lowest BCUT2D eigenvalue weighted by Crippen LogP contribution is -2.18. The number of rotatable bonds is 4. The monoisotopic (exact) mass is 341 g/mol. The van der Waals surface area contributed by atoms with Crippen molar-refractivity contribution in [2.45, 2.75) is 19.5 Å². The first kappa shape index (κ1) is 14.2. The second-order valence-corrected chi connectivity index (χ2v) is 5.92. The molecule has 3 aromatic rings. The van der Waals surface area contributed by atoms with Gasteiger partial charge in [-0.3, -0.25) is 4.98 Å². The van der Waals surface area contributed by atoms with Gasteiger partial charge in [0.1, 0.15) is 0 Å². The van der Waals surface area contributed by atoms with Gasteiger partial charge in [0.15, 0.2) is 0 Å². The van der Waals surface area contributed by atoms with Gasteiger partial charge < -0.3 is 5.32 Å². The van der Waals surface area contributed by atoms with Gasteiger partial charge in [-0.15, -0.1) is 0 Å². The van der Waals surface area contributed by atoms with Crippen molar-refractivity contribution >= 4 is 27.0 Å². The number of fused-ring (bicyclic) bond motifs is 1. The Labute approximate surface area is 132 Å². The van der Waals surface area contributed by atoms with Gasteiger partial charge in [0.05, 0.1) is 22.9 Å². The highest BCUT2D eigenvalue weighted by molar-refractivity contribution is 9.10. The predicted molar refractivity (Wildman–Crippen MR) is 88.9 cm³/mol. The molecule has 0 saturated carbocycles. The van der Waals surface area contributed by atoms with Crippen LogP contribution in [0.4, 0.5) is 0 Å². The summed E-state index contributed by atoms with van der Waals surface area (Å²) in [6.07, 6.45) is 1.84. The Morgan fingerprint density at radius 2 is 1.90 bits per heavy atom. The maximum absolute atomic E-state index is 4.62. The molecule has 0 unspecified atom stereocenters.